The monoisotopic (exact) mass is 350 g/mol. The molecule has 130 valence electrons. The molecule has 1 heterocycles. The van der Waals surface area contributed by atoms with Crippen LogP contribution in [-0.4, -0.2) is 26.6 Å². The number of phenols is 1. The van der Waals surface area contributed by atoms with Gasteiger partial charge in [-0.2, -0.15) is 5.26 Å². The van der Waals surface area contributed by atoms with Gasteiger partial charge in [-0.3, -0.25) is 10.1 Å². The number of allylic oxidation sites excluding steroid dienone is 1. The second kappa shape index (κ2) is 6.94. The Balaban J connectivity index is 2.11. The Morgan fingerprint density at radius 3 is 2.88 bits per heavy atom. The first-order valence-corrected chi connectivity index (χ1v) is 7.74. The molecule has 0 spiro atoms. The van der Waals surface area contributed by atoms with Gasteiger partial charge in [0, 0.05) is 6.07 Å². The summed E-state index contributed by atoms with van der Waals surface area (Å²) in [5.41, 5.74) is 1.52. The summed E-state index contributed by atoms with van der Waals surface area (Å²) in [6, 6.07) is 12.0. The number of imidazole rings is 1. The van der Waals surface area contributed by atoms with Crippen molar-refractivity contribution in [1.29, 1.82) is 5.26 Å². The van der Waals surface area contributed by atoms with Gasteiger partial charge in [0.25, 0.3) is 0 Å². The summed E-state index contributed by atoms with van der Waals surface area (Å²) >= 11 is 0. The predicted molar refractivity (Wildman–Crippen MR) is 95.5 cm³/mol. The van der Waals surface area contributed by atoms with Gasteiger partial charge >= 0.3 is 5.69 Å². The number of nitro benzene ring substituents is 1. The molecule has 1 aromatic heterocycles. The first kappa shape index (κ1) is 17.0. The fourth-order valence-corrected chi connectivity index (χ4v) is 2.50. The van der Waals surface area contributed by atoms with E-state index in [4.69, 9.17) is 4.74 Å². The number of aromatic nitrogens is 2. The summed E-state index contributed by atoms with van der Waals surface area (Å²) in [5.74, 6) is -0.214. The van der Waals surface area contributed by atoms with E-state index in [0.717, 1.165) is 5.52 Å². The van der Waals surface area contributed by atoms with Crippen molar-refractivity contribution in [3.05, 3.63) is 57.9 Å². The van der Waals surface area contributed by atoms with Gasteiger partial charge < -0.3 is 14.8 Å². The second-order valence-electron chi connectivity index (χ2n) is 5.35. The van der Waals surface area contributed by atoms with Crippen LogP contribution in [0.4, 0.5) is 5.69 Å². The lowest BCUT2D eigenvalue weighted by atomic mass is 10.1. The molecule has 0 aliphatic heterocycles. The Morgan fingerprint density at radius 2 is 2.23 bits per heavy atom. The molecule has 0 amide bonds. The predicted octanol–water partition coefficient (Wildman–Crippen LogP) is 3.64. The van der Waals surface area contributed by atoms with Crippen LogP contribution < -0.4 is 4.74 Å². The zero-order chi connectivity index (χ0) is 18.7. The molecule has 0 radical (unpaired) electrons. The average molecular weight is 350 g/mol. The fraction of sp³-hybridized carbons (Fsp3) is 0.111. The molecule has 8 nitrogen and oxygen atoms in total. The molecule has 3 rings (SSSR count). The van der Waals surface area contributed by atoms with Crippen LogP contribution in [0.1, 0.15) is 18.3 Å². The summed E-state index contributed by atoms with van der Waals surface area (Å²) in [7, 11) is 0. The van der Waals surface area contributed by atoms with E-state index in [2.05, 4.69) is 9.97 Å². The number of aromatic hydroxyl groups is 1. The van der Waals surface area contributed by atoms with E-state index in [1.165, 1.54) is 18.2 Å². The molecular formula is C18H14N4O4. The molecule has 2 N–H and O–H groups in total. The Labute approximate surface area is 148 Å². The SMILES string of the molecule is CCOc1cc(/C=C(\C#N)c2nc3ccccc3[nH]2)cc([N+](=O)[O-])c1O. The van der Waals surface area contributed by atoms with Gasteiger partial charge in [0.2, 0.25) is 5.75 Å². The normalized spacial score (nSPS) is 11.3. The van der Waals surface area contributed by atoms with Crippen molar-refractivity contribution in [1.82, 2.24) is 9.97 Å². The average Bonchev–Trinajstić information content (AvgIpc) is 3.05. The van der Waals surface area contributed by atoms with Crippen LogP contribution in [0, 0.1) is 21.4 Å². The quantitative estimate of drug-likeness (QED) is 0.411. The molecule has 0 aliphatic carbocycles. The van der Waals surface area contributed by atoms with E-state index >= 15 is 0 Å². The van der Waals surface area contributed by atoms with Crippen molar-refractivity contribution in [2.24, 2.45) is 0 Å². The highest BCUT2D eigenvalue weighted by Crippen LogP contribution is 2.38. The van der Waals surface area contributed by atoms with Gasteiger partial charge in [0.05, 0.1) is 28.1 Å². The molecule has 2 aromatic carbocycles. The largest absolute Gasteiger partial charge is 0.500 e. The van der Waals surface area contributed by atoms with E-state index < -0.39 is 16.4 Å². The minimum atomic E-state index is -0.706. The summed E-state index contributed by atoms with van der Waals surface area (Å²) in [5, 5.41) is 30.6. The lowest BCUT2D eigenvalue weighted by molar-refractivity contribution is -0.386. The molecule has 8 heteroatoms. The molecule has 0 saturated heterocycles. The number of nitrogens with one attached hydrogen (secondary N) is 1. The minimum absolute atomic E-state index is 0.0187. The van der Waals surface area contributed by atoms with E-state index in [0.29, 0.717) is 16.9 Å². The third-order valence-corrected chi connectivity index (χ3v) is 3.65. The van der Waals surface area contributed by atoms with Crippen LogP contribution >= 0.6 is 0 Å². The topological polar surface area (TPSA) is 125 Å². The number of benzene rings is 2. The van der Waals surface area contributed by atoms with Crippen molar-refractivity contribution < 1.29 is 14.8 Å². The highest BCUT2D eigenvalue weighted by Gasteiger charge is 2.20. The van der Waals surface area contributed by atoms with E-state index in [1.807, 2.05) is 30.3 Å². The number of fused-ring (bicyclic) bond motifs is 1. The Morgan fingerprint density at radius 1 is 1.46 bits per heavy atom. The number of nitro groups is 1. The standard InChI is InChI=1S/C18H14N4O4/c1-2-26-16-9-11(8-15(17(16)23)22(24)25)7-12(10-19)18-20-13-5-3-4-6-14(13)21-18/h3-9,23H,2H2,1H3,(H,20,21)/b12-7+. The summed E-state index contributed by atoms with van der Waals surface area (Å²) in [6.07, 6.45) is 1.45. The number of hydrogen-bond acceptors (Lipinski definition) is 6. The number of rotatable bonds is 5. The van der Waals surface area contributed by atoms with Crippen LogP contribution in [0.2, 0.25) is 0 Å². The fourth-order valence-electron chi connectivity index (χ4n) is 2.50. The first-order chi connectivity index (χ1) is 12.5. The number of hydrogen-bond donors (Lipinski definition) is 2. The smallest absolute Gasteiger partial charge is 0.315 e. The lowest BCUT2D eigenvalue weighted by Gasteiger charge is -2.07. The zero-order valence-corrected chi connectivity index (χ0v) is 13.8. The Hall–Kier alpha value is -3.86. The number of H-pyrrole nitrogens is 1. The van der Waals surface area contributed by atoms with Crippen molar-refractivity contribution in [3.63, 3.8) is 0 Å². The maximum Gasteiger partial charge on any atom is 0.315 e. The van der Waals surface area contributed by atoms with E-state index in [-0.39, 0.29) is 17.9 Å². The highest BCUT2D eigenvalue weighted by molar-refractivity contribution is 5.90. The number of ether oxygens (including phenoxy) is 1. The maximum atomic E-state index is 11.2. The number of aromatic amines is 1. The minimum Gasteiger partial charge on any atom is -0.500 e. The van der Waals surface area contributed by atoms with Gasteiger partial charge in [-0.05, 0) is 36.8 Å². The molecule has 0 aliphatic rings. The molecule has 0 bridgehead atoms. The highest BCUT2D eigenvalue weighted by atomic mass is 16.6. The number of phenolic OH excluding ortho intramolecular Hbond substituents is 1. The van der Waals surface area contributed by atoms with Crippen LogP contribution in [0.3, 0.4) is 0 Å². The van der Waals surface area contributed by atoms with E-state index in [9.17, 15) is 20.5 Å². The van der Waals surface area contributed by atoms with E-state index in [1.54, 1.807) is 6.92 Å². The van der Waals surface area contributed by atoms with Crippen molar-refractivity contribution in [2.45, 2.75) is 6.92 Å². The van der Waals surface area contributed by atoms with Gasteiger partial charge in [0.1, 0.15) is 11.9 Å². The van der Waals surface area contributed by atoms with Gasteiger partial charge in [-0.1, -0.05) is 12.1 Å². The Bertz CT molecular complexity index is 1030. The van der Waals surface area contributed by atoms with Gasteiger partial charge in [0.15, 0.2) is 5.75 Å². The zero-order valence-electron chi connectivity index (χ0n) is 13.8. The summed E-state index contributed by atoms with van der Waals surface area (Å²) in [4.78, 5) is 17.8. The van der Waals surface area contributed by atoms with Crippen molar-refractivity contribution in [2.75, 3.05) is 6.61 Å². The number of para-hydroxylation sites is 2. The van der Waals surface area contributed by atoms with Crippen LogP contribution in [0.15, 0.2) is 36.4 Å². The third kappa shape index (κ3) is 3.18. The van der Waals surface area contributed by atoms with Crippen molar-refractivity contribution >= 4 is 28.4 Å². The molecule has 0 saturated carbocycles. The second-order valence-corrected chi connectivity index (χ2v) is 5.35. The molecule has 3 aromatic rings. The van der Waals surface area contributed by atoms with Gasteiger partial charge in [-0.15, -0.1) is 0 Å². The molecule has 0 fully saturated rings. The molecular weight excluding hydrogens is 336 g/mol. The van der Waals surface area contributed by atoms with Gasteiger partial charge in [-0.25, -0.2) is 4.98 Å². The third-order valence-electron chi connectivity index (χ3n) is 3.65. The molecule has 0 atom stereocenters. The summed E-state index contributed by atoms with van der Waals surface area (Å²) in [6.45, 7) is 1.93. The van der Waals surface area contributed by atoms with Crippen LogP contribution in [0.5, 0.6) is 11.5 Å². The van der Waals surface area contributed by atoms with Crippen LogP contribution in [-0.2, 0) is 0 Å². The van der Waals surface area contributed by atoms with Crippen LogP contribution in [0.25, 0.3) is 22.7 Å². The number of nitriles is 1. The summed E-state index contributed by atoms with van der Waals surface area (Å²) < 4.78 is 5.25. The molecule has 0 unspecified atom stereocenters. The lowest BCUT2D eigenvalue weighted by Crippen LogP contribution is -1.96. The number of nitrogens with zero attached hydrogens (tertiary/aromatic N) is 3. The van der Waals surface area contributed by atoms with Crippen molar-refractivity contribution in [3.8, 4) is 17.6 Å². The maximum absolute atomic E-state index is 11.2. The first-order valence-electron chi connectivity index (χ1n) is 7.74. The molecule has 26 heavy (non-hydrogen) atoms. The Kier molecular flexibility index (Phi) is 4.53.